The molecule has 0 saturated heterocycles. The standard InChI is InChI=1S/C16H16BrF3N2O3/c17-10-5-7-11(8-6-10)25-9-14(23)22-15(24,16(18,19)20)12-3-1-2-4-13(12)21-22/h5-8,12,24H,1-4,9H2/t12-,15-/m1/s1. The van der Waals surface area contributed by atoms with Gasteiger partial charge in [-0.05, 0) is 43.5 Å². The van der Waals surface area contributed by atoms with Crippen LogP contribution < -0.4 is 4.74 Å². The van der Waals surface area contributed by atoms with Crippen LogP contribution >= 0.6 is 15.9 Å². The molecule has 1 aliphatic heterocycles. The molecule has 1 heterocycles. The molecule has 1 amide bonds. The first-order valence-electron chi connectivity index (χ1n) is 7.81. The van der Waals surface area contributed by atoms with Gasteiger partial charge in [-0.25, -0.2) is 0 Å². The number of aliphatic hydroxyl groups is 1. The lowest BCUT2D eigenvalue weighted by molar-refractivity contribution is -0.317. The molecule has 0 unspecified atom stereocenters. The first kappa shape index (κ1) is 18.2. The number of ether oxygens (including phenoxy) is 1. The summed E-state index contributed by atoms with van der Waals surface area (Å²) in [7, 11) is 0. The highest BCUT2D eigenvalue weighted by molar-refractivity contribution is 9.10. The Morgan fingerprint density at radius 2 is 2.04 bits per heavy atom. The minimum absolute atomic E-state index is 0.145. The molecule has 1 saturated carbocycles. The smallest absolute Gasteiger partial charge is 0.439 e. The highest BCUT2D eigenvalue weighted by atomic mass is 79.9. The predicted octanol–water partition coefficient (Wildman–Crippen LogP) is 3.47. The lowest BCUT2D eigenvalue weighted by Crippen LogP contribution is -2.62. The van der Waals surface area contributed by atoms with Gasteiger partial charge >= 0.3 is 6.18 Å². The molecule has 5 nitrogen and oxygen atoms in total. The van der Waals surface area contributed by atoms with Crippen LogP contribution in [-0.4, -0.2) is 40.2 Å². The molecule has 0 aromatic heterocycles. The van der Waals surface area contributed by atoms with E-state index in [1.807, 2.05) is 0 Å². The van der Waals surface area contributed by atoms with E-state index in [1.54, 1.807) is 24.3 Å². The van der Waals surface area contributed by atoms with E-state index < -0.39 is 30.3 Å². The number of alkyl halides is 3. The Kier molecular flexibility index (Phi) is 4.80. The monoisotopic (exact) mass is 420 g/mol. The van der Waals surface area contributed by atoms with Gasteiger partial charge in [-0.2, -0.15) is 23.3 Å². The number of nitrogens with zero attached hydrogens (tertiary/aromatic N) is 2. The highest BCUT2D eigenvalue weighted by Crippen LogP contribution is 2.48. The van der Waals surface area contributed by atoms with Crippen molar-refractivity contribution in [2.24, 2.45) is 11.0 Å². The summed E-state index contributed by atoms with van der Waals surface area (Å²) in [5.74, 6) is -1.92. The SMILES string of the molecule is O=C(COc1ccc(Br)cc1)N1N=C2CCCC[C@H]2[C@@]1(O)C(F)(F)F. The summed E-state index contributed by atoms with van der Waals surface area (Å²) in [6, 6.07) is 6.50. The number of hydrogen-bond acceptors (Lipinski definition) is 4. The quantitative estimate of drug-likeness (QED) is 0.814. The Morgan fingerprint density at radius 1 is 1.36 bits per heavy atom. The van der Waals surface area contributed by atoms with Crippen LogP contribution in [0.2, 0.25) is 0 Å². The Labute approximate surface area is 150 Å². The molecule has 1 aromatic rings. The highest BCUT2D eigenvalue weighted by Gasteiger charge is 2.68. The number of hydrazone groups is 1. The molecule has 1 aliphatic carbocycles. The summed E-state index contributed by atoms with van der Waals surface area (Å²) in [5, 5.41) is 14.4. The third-order valence-corrected chi connectivity index (χ3v) is 4.97. The van der Waals surface area contributed by atoms with Gasteiger partial charge in [-0.1, -0.05) is 22.4 Å². The van der Waals surface area contributed by atoms with Crippen LogP contribution in [0.3, 0.4) is 0 Å². The lowest BCUT2D eigenvalue weighted by Gasteiger charge is -2.38. The first-order chi connectivity index (χ1) is 11.7. The fourth-order valence-corrected chi connectivity index (χ4v) is 3.47. The van der Waals surface area contributed by atoms with Crippen LogP contribution in [0.15, 0.2) is 33.8 Å². The number of carbonyl (C=O) groups excluding carboxylic acids is 1. The number of fused-ring (bicyclic) bond motifs is 1. The molecule has 1 N–H and O–H groups in total. The van der Waals surface area contributed by atoms with Gasteiger partial charge in [0.25, 0.3) is 11.6 Å². The van der Waals surface area contributed by atoms with Gasteiger partial charge in [0, 0.05) is 10.2 Å². The largest absolute Gasteiger partial charge is 0.484 e. The van der Waals surface area contributed by atoms with Gasteiger partial charge in [-0.3, -0.25) is 4.79 Å². The van der Waals surface area contributed by atoms with Crippen LogP contribution in [0.4, 0.5) is 13.2 Å². The van der Waals surface area contributed by atoms with Crippen molar-refractivity contribution in [1.29, 1.82) is 0 Å². The minimum Gasteiger partial charge on any atom is -0.484 e. The van der Waals surface area contributed by atoms with Crippen LogP contribution in [0.1, 0.15) is 25.7 Å². The van der Waals surface area contributed by atoms with Gasteiger partial charge in [0.1, 0.15) is 5.75 Å². The molecule has 0 spiro atoms. The summed E-state index contributed by atoms with van der Waals surface area (Å²) < 4.78 is 46.7. The molecule has 9 heteroatoms. The van der Waals surface area contributed by atoms with E-state index >= 15 is 0 Å². The van der Waals surface area contributed by atoms with Gasteiger partial charge in [0.2, 0.25) is 0 Å². The maximum atomic E-state index is 13.6. The molecule has 0 bridgehead atoms. The van der Waals surface area contributed by atoms with Gasteiger partial charge in [0.15, 0.2) is 6.61 Å². The molecular weight excluding hydrogens is 405 g/mol. The molecule has 1 fully saturated rings. The molecule has 25 heavy (non-hydrogen) atoms. The lowest BCUT2D eigenvalue weighted by atomic mass is 9.80. The second-order valence-corrected chi connectivity index (χ2v) is 6.98. The second kappa shape index (κ2) is 6.60. The van der Waals surface area contributed by atoms with Crippen molar-refractivity contribution < 1.29 is 27.8 Å². The number of hydrogen-bond donors (Lipinski definition) is 1. The predicted molar refractivity (Wildman–Crippen MR) is 86.9 cm³/mol. The van der Waals surface area contributed by atoms with Gasteiger partial charge < -0.3 is 9.84 Å². The Hall–Kier alpha value is -1.61. The molecule has 136 valence electrons. The Bertz CT molecular complexity index is 693. The van der Waals surface area contributed by atoms with Crippen molar-refractivity contribution in [3.05, 3.63) is 28.7 Å². The third kappa shape index (κ3) is 3.27. The van der Waals surface area contributed by atoms with Crippen molar-refractivity contribution in [2.45, 2.75) is 37.6 Å². The number of benzene rings is 1. The summed E-state index contributed by atoms with van der Waals surface area (Å²) in [5.41, 5.74) is -3.08. The molecule has 1 aromatic carbocycles. The van der Waals surface area contributed by atoms with E-state index in [-0.39, 0.29) is 17.1 Å². The van der Waals surface area contributed by atoms with E-state index in [2.05, 4.69) is 21.0 Å². The maximum Gasteiger partial charge on any atom is 0.439 e. The normalized spacial score (nSPS) is 26.2. The first-order valence-corrected chi connectivity index (χ1v) is 8.60. The van der Waals surface area contributed by atoms with Crippen molar-refractivity contribution in [3.8, 4) is 5.75 Å². The number of halogens is 4. The molecular formula is C16H16BrF3N2O3. The van der Waals surface area contributed by atoms with Crippen LogP contribution in [0.5, 0.6) is 5.75 Å². The third-order valence-electron chi connectivity index (χ3n) is 4.44. The van der Waals surface area contributed by atoms with Crippen molar-refractivity contribution in [1.82, 2.24) is 5.01 Å². The maximum absolute atomic E-state index is 13.6. The van der Waals surface area contributed by atoms with E-state index in [0.717, 1.165) is 4.47 Å². The fourth-order valence-electron chi connectivity index (χ4n) is 3.20. The van der Waals surface area contributed by atoms with Crippen LogP contribution in [0, 0.1) is 5.92 Å². The van der Waals surface area contributed by atoms with Crippen molar-refractivity contribution in [2.75, 3.05) is 6.61 Å². The Balaban J connectivity index is 1.79. The molecule has 3 rings (SSSR count). The molecule has 2 atom stereocenters. The van der Waals surface area contributed by atoms with E-state index in [0.29, 0.717) is 25.0 Å². The van der Waals surface area contributed by atoms with E-state index in [9.17, 15) is 23.1 Å². The topological polar surface area (TPSA) is 62.1 Å². The van der Waals surface area contributed by atoms with Crippen LogP contribution in [-0.2, 0) is 4.79 Å². The summed E-state index contributed by atoms with van der Waals surface area (Å²) >= 11 is 3.24. The second-order valence-electron chi connectivity index (χ2n) is 6.06. The van der Waals surface area contributed by atoms with Crippen molar-refractivity contribution in [3.63, 3.8) is 0 Å². The number of rotatable bonds is 3. The Morgan fingerprint density at radius 3 is 2.68 bits per heavy atom. The summed E-state index contributed by atoms with van der Waals surface area (Å²) in [6.45, 7) is -0.649. The van der Waals surface area contributed by atoms with E-state index in [4.69, 9.17) is 4.74 Å². The van der Waals surface area contributed by atoms with Crippen LogP contribution in [0.25, 0.3) is 0 Å². The van der Waals surface area contributed by atoms with Gasteiger partial charge in [-0.15, -0.1) is 0 Å². The fraction of sp³-hybridized carbons (Fsp3) is 0.500. The van der Waals surface area contributed by atoms with E-state index in [1.165, 1.54) is 0 Å². The summed E-state index contributed by atoms with van der Waals surface area (Å²) in [4.78, 5) is 12.3. The number of amides is 1. The average molecular weight is 421 g/mol. The van der Waals surface area contributed by atoms with Crippen molar-refractivity contribution >= 4 is 27.5 Å². The minimum atomic E-state index is -5.01. The summed E-state index contributed by atoms with van der Waals surface area (Å²) in [6.07, 6.45) is -3.26. The number of carbonyl (C=O) groups is 1. The molecule has 0 radical (unpaired) electrons. The molecule has 2 aliphatic rings. The average Bonchev–Trinajstić information content (AvgIpc) is 2.89. The van der Waals surface area contributed by atoms with Gasteiger partial charge in [0.05, 0.1) is 5.92 Å². The zero-order valence-corrected chi connectivity index (χ0v) is 14.7. The zero-order valence-electron chi connectivity index (χ0n) is 13.1. The zero-order chi connectivity index (χ0) is 18.2.